The molecule has 110 valence electrons. The third kappa shape index (κ3) is 3.19. The molecule has 0 aromatic heterocycles. The molecule has 1 aliphatic heterocycles. The zero-order valence-corrected chi connectivity index (χ0v) is 12.4. The molecule has 3 N–H and O–H groups in total. The molecule has 0 saturated carbocycles. The van der Waals surface area contributed by atoms with Gasteiger partial charge < -0.3 is 11.1 Å². The number of hydrogen-bond donors (Lipinski definition) is 2. The van der Waals surface area contributed by atoms with E-state index in [1.54, 1.807) is 0 Å². The Morgan fingerprint density at radius 1 is 1.40 bits per heavy atom. The van der Waals surface area contributed by atoms with Crippen molar-refractivity contribution in [1.29, 1.82) is 0 Å². The second-order valence-corrected chi connectivity index (χ2v) is 5.38. The Bertz CT molecular complexity index is 444. The van der Waals surface area contributed by atoms with E-state index in [9.17, 15) is 4.79 Å². The van der Waals surface area contributed by atoms with Crippen molar-refractivity contribution >= 4 is 5.91 Å². The van der Waals surface area contributed by atoms with Gasteiger partial charge in [0.25, 0.3) is 0 Å². The molecule has 2 atom stereocenters. The van der Waals surface area contributed by atoms with E-state index in [0.29, 0.717) is 6.54 Å². The van der Waals surface area contributed by atoms with Crippen LogP contribution < -0.4 is 11.1 Å². The highest BCUT2D eigenvalue weighted by molar-refractivity contribution is 5.80. The van der Waals surface area contributed by atoms with Gasteiger partial charge in [0, 0.05) is 25.7 Å². The van der Waals surface area contributed by atoms with Crippen molar-refractivity contribution < 1.29 is 4.79 Å². The number of piperazine rings is 1. The number of carbonyl (C=O) groups excluding carboxylic acids is 1. The molecule has 1 aliphatic rings. The first-order valence-corrected chi connectivity index (χ1v) is 7.52. The van der Waals surface area contributed by atoms with E-state index in [1.165, 1.54) is 11.1 Å². The second kappa shape index (κ2) is 6.86. The van der Waals surface area contributed by atoms with Crippen LogP contribution in [0, 0.1) is 0 Å². The molecule has 0 bridgehead atoms. The maximum absolute atomic E-state index is 11.7. The smallest absolute Gasteiger partial charge is 0.236 e. The summed E-state index contributed by atoms with van der Waals surface area (Å²) < 4.78 is 0. The number of amides is 1. The molecule has 1 amide bonds. The van der Waals surface area contributed by atoms with E-state index in [1.807, 2.05) is 0 Å². The molecule has 4 nitrogen and oxygen atoms in total. The lowest BCUT2D eigenvalue weighted by Crippen LogP contribution is -2.57. The van der Waals surface area contributed by atoms with Crippen molar-refractivity contribution in [2.24, 2.45) is 5.73 Å². The molecule has 4 heteroatoms. The lowest BCUT2D eigenvalue weighted by Gasteiger charge is -2.40. The van der Waals surface area contributed by atoms with Crippen molar-refractivity contribution in [2.75, 3.05) is 19.6 Å². The van der Waals surface area contributed by atoms with Gasteiger partial charge in [0.05, 0.1) is 0 Å². The van der Waals surface area contributed by atoms with Gasteiger partial charge >= 0.3 is 0 Å². The molecule has 1 fully saturated rings. The van der Waals surface area contributed by atoms with Crippen molar-refractivity contribution in [1.82, 2.24) is 10.2 Å². The third-order valence-electron chi connectivity index (χ3n) is 4.17. The van der Waals surface area contributed by atoms with E-state index in [-0.39, 0.29) is 18.0 Å². The highest BCUT2D eigenvalue weighted by atomic mass is 16.1. The zero-order valence-electron chi connectivity index (χ0n) is 12.4. The topological polar surface area (TPSA) is 58.4 Å². The number of carbonyl (C=O) groups is 1. The van der Waals surface area contributed by atoms with Crippen LogP contribution in [0.5, 0.6) is 0 Å². The maximum atomic E-state index is 11.7. The summed E-state index contributed by atoms with van der Waals surface area (Å²) in [5.41, 5.74) is 8.17. The molecule has 1 aromatic rings. The summed E-state index contributed by atoms with van der Waals surface area (Å²) in [7, 11) is 0. The van der Waals surface area contributed by atoms with Crippen molar-refractivity contribution in [3.05, 3.63) is 35.4 Å². The lowest BCUT2D eigenvalue weighted by molar-refractivity contribution is -0.125. The highest BCUT2D eigenvalue weighted by Gasteiger charge is 2.32. The largest absolute Gasteiger partial charge is 0.368 e. The van der Waals surface area contributed by atoms with Crippen LogP contribution in [0.4, 0.5) is 0 Å². The second-order valence-electron chi connectivity index (χ2n) is 5.38. The van der Waals surface area contributed by atoms with Gasteiger partial charge in [-0.25, -0.2) is 0 Å². The number of nitrogens with zero attached hydrogens (tertiary/aromatic N) is 1. The Morgan fingerprint density at radius 3 is 2.65 bits per heavy atom. The summed E-state index contributed by atoms with van der Waals surface area (Å²) in [6, 6.07) is 8.79. The number of aryl methyl sites for hydroxylation is 1. The summed E-state index contributed by atoms with van der Waals surface area (Å²) in [5, 5.41) is 3.25. The molecule has 20 heavy (non-hydrogen) atoms. The molecule has 0 aliphatic carbocycles. The fourth-order valence-electron chi connectivity index (χ4n) is 2.99. The number of rotatable bonds is 5. The van der Waals surface area contributed by atoms with E-state index >= 15 is 0 Å². The van der Waals surface area contributed by atoms with Crippen LogP contribution in [0.1, 0.15) is 37.4 Å². The summed E-state index contributed by atoms with van der Waals surface area (Å²) in [5.74, 6) is -0.235. The normalized spacial score (nSPS) is 21.6. The minimum Gasteiger partial charge on any atom is -0.368 e. The minimum absolute atomic E-state index is 0.209. The monoisotopic (exact) mass is 275 g/mol. The van der Waals surface area contributed by atoms with Gasteiger partial charge in [-0.15, -0.1) is 0 Å². The van der Waals surface area contributed by atoms with Crippen LogP contribution in [-0.4, -0.2) is 36.5 Å². The predicted octanol–water partition coefficient (Wildman–Crippen LogP) is 1.46. The number of hydrogen-bond acceptors (Lipinski definition) is 3. The highest BCUT2D eigenvalue weighted by Crippen LogP contribution is 2.27. The van der Waals surface area contributed by atoms with Crippen molar-refractivity contribution in [3.8, 4) is 0 Å². The van der Waals surface area contributed by atoms with Crippen molar-refractivity contribution in [2.45, 2.75) is 38.8 Å². The van der Waals surface area contributed by atoms with Gasteiger partial charge in [0.1, 0.15) is 6.04 Å². The van der Waals surface area contributed by atoms with E-state index in [0.717, 1.165) is 25.9 Å². The average molecular weight is 275 g/mol. The summed E-state index contributed by atoms with van der Waals surface area (Å²) in [4.78, 5) is 13.9. The summed E-state index contributed by atoms with van der Waals surface area (Å²) in [6.45, 7) is 6.75. The molecule has 1 aromatic carbocycles. The Kier molecular flexibility index (Phi) is 5.15. The van der Waals surface area contributed by atoms with Crippen molar-refractivity contribution in [3.63, 3.8) is 0 Å². The Morgan fingerprint density at radius 2 is 2.10 bits per heavy atom. The molecule has 1 saturated heterocycles. The molecule has 2 unspecified atom stereocenters. The molecular formula is C16H25N3O. The molecule has 0 spiro atoms. The van der Waals surface area contributed by atoms with Crippen LogP contribution in [0.15, 0.2) is 24.3 Å². The predicted molar refractivity (Wildman–Crippen MR) is 81.4 cm³/mol. The fourth-order valence-corrected chi connectivity index (χ4v) is 2.99. The van der Waals surface area contributed by atoms with E-state index in [2.05, 4.69) is 48.3 Å². The Balaban J connectivity index is 2.22. The Labute approximate surface area is 121 Å². The first-order chi connectivity index (χ1) is 9.67. The minimum atomic E-state index is -0.235. The number of primary amides is 1. The first kappa shape index (κ1) is 15.0. The molecular weight excluding hydrogens is 250 g/mol. The fraction of sp³-hybridized carbons (Fsp3) is 0.562. The van der Waals surface area contributed by atoms with Gasteiger partial charge in [-0.05, 0) is 24.0 Å². The molecule has 0 radical (unpaired) electrons. The molecule has 2 rings (SSSR count). The van der Waals surface area contributed by atoms with Crippen LogP contribution in [0.2, 0.25) is 0 Å². The van der Waals surface area contributed by atoms with Gasteiger partial charge in [0.15, 0.2) is 0 Å². The van der Waals surface area contributed by atoms with E-state index in [4.69, 9.17) is 5.73 Å². The van der Waals surface area contributed by atoms with Gasteiger partial charge in [0.2, 0.25) is 5.91 Å². The van der Waals surface area contributed by atoms with Gasteiger partial charge in [-0.1, -0.05) is 38.1 Å². The first-order valence-electron chi connectivity index (χ1n) is 7.52. The van der Waals surface area contributed by atoms with E-state index < -0.39 is 0 Å². The van der Waals surface area contributed by atoms with Gasteiger partial charge in [-0.2, -0.15) is 0 Å². The number of nitrogens with one attached hydrogen (secondary N) is 1. The number of benzene rings is 1. The number of nitrogens with two attached hydrogens (primary N) is 1. The van der Waals surface area contributed by atoms with Crippen LogP contribution in [0.3, 0.4) is 0 Å². The zero-order chi connectivity index (χ0) is 14.5. The maximum Gasteiger partial charge on any atom is 0.236 e. The quantitative estimate of drug-likeness (QED) is 0.855. The third-order valence-corrected chi connectivity index (χ3v) is 4.17. The van der Waals surface area contributed by atoms with Gasteiger partial charge in [-0.3, -0.25) is 9.69 Å². The summed E-state index contributed by atoms with van der Waals surface area (Å²) in [6.07, 6.45) is 2.03. The average Bonchev–Trinajstić information content (AvgIpc) is 2.49. The standard InChI is InChI=1S/C16H25N3O/c1-3-12-5-7-13(8-6-12)14(4-2)19-10-9-18-11-15(19)16(17)20/h5-8,14-15,18H,3-4,9-11H2,1-2H3,(H2,17,20). The SMILES string of the molecule is CCc1ccc(C(CC)N2CCNCC2C(N)=O)cc1. The summed E-state index contributed by atoms with van der Waals surface area (Å²) >= 11 is 0. The Hall–Kier alpha value is -1.39. The molecule has 1 heterocycles. The van der Waals surface area contributed by atoms with Crippen LogP contribution in [0.25, 0.3) is 0 Å². The van der Waals surface area contributed by atoms with Crippen LogP contribution >= 0.6 is 0 Å². The lowest BCUT2D eigenvalue weighted by atomic mass is 9.98. The van der Waals surface area contributed by atoms with Crippen LogP contribution in [-0.2, 0) is 11.2 Å².